The van der Waals surface area contributed by atoms with Gasteiger partial charge in [0.15, 0.2) is 5.78 Å². The van der Waals surface area contributed by atoms with Gasteiger partial charge in [-0.2, -0.15) is 4.98 Å². The summed E-state index contributed by atoms with van der Waals surface area (Å²) in [4.78, 5) is 22.0. The molecule has 6 nitrogen and oxygen atoms in total. The van der Waals surface area contributed by atoms with Gasteiger partial charge in [-0.05, 0) is 42.4 Å². The Bertz CT molecular complexity index is 998. The quantitative estimate of drug-likeness (QED) is 0.582. The molecule has 4 rings (SSSR count). The zero-order valence-electron chi connectivity index (χ0n) is 16.4. The predicted molar refractivity (Wildman–Crippen MR) is 109 cm³/mol. The van der Waals surface area contributed by atoms with E-state index in [2.05, 4.69) is 28.9 Å². The van der Waals surface area contributed by atoms with E-state index in [0.29, 0.717) is 23.7 Å². The molecular formula is C21H24N4O2S. The second kappa shape index (κ2) is 7.91. The molecule has 0 saturated heterocycles. The molecule has 7 heteroatoms. The number of methoxy groups -OCH3 is 1. The Morgan fingerprint density at radius 2 is 2.00 bits per heavy atom. The maximum atomic E-state index is 12.8. The lowest BCUT2D eigenvalue weighted by molar-refractivity contribution is 0.0962. The fraction of sp³-hybridized carbons (Fsp3) is 0.429. The first-order valence-electron chi connectivity index (χ1n) is 9.59. The van der Waals surface area contributed by atoms with Crippen LogP contribution in [0.2, 0.25) is 0 Å². The Hall–Kier alpha value is -2.41. The number of aromatic nitrogens is 4. The molecule has 146 valence electrons. The van der Waals surface area contributed by atoms with Gasteiger partial charge in [0.25, 0.3) is 5.78 Å². The fourth-order valence-corrected chi connectivity index (χ4v) is 4.49. The largest absolute Gasteiger partial charge is 0.497 e. The lowest BCUT2D eigenvalue weighted by Crippen LogP contribution is -2.21. The molecule has 0 bridgehead atoms. The maximum absolute atomic E-state index is 12.8. The Morgan fingerprint density at radius 3 is 2.71 bits per heavy atom. The third-order valence-electron chi connectivity index (χ3n) is 5.08. The zero-order valence-corrected chi connectivity index (χ0v) is 17.2. The number of ketones is 1. The highest BCUT2D eigenvalue weighted by molar-refractivity contribution is 7.99. The van der Waals surface area contributed by atoms with Gasteiger partial charge in [-0.3, -0.25) is 4.79 Å². The SMILES string of the molecule is COc1ccc([C@H]2CC(=O)c3cn4nc(SCCC(C)C)nc4nc3C2)cc1. The molecule has 0 N–H and O–H groups in total. The number of carbonyl (C=O) groups excluding carboxylic acids is 1. The average molecular weight is 397 g/mol. The van der Waals surface area contributed by atoms with Crippen molar-refractivity contribution >= 4 is 23.3 Å². The lowest BCUT2D eigenvalue weighted by Gasteiger charge is -2.23. The molecule has 0 unspecified atom stereocenters. The van der Waals surface area contributed by atoms with Crippen molar-refractivity contribution in [3.63, 3.8) is 0 Å². The van der Waals surface area contributed by atoms with E-state index >= 15 is 0 Å². The van der Waals surface area contributed by atoms with Crippen LogP contribution in [0.5, 0.6) is 5.75 Å². The number of rotatable bonds is 6. The van der Waals surface area contributed by atoms with Gasteiger partial charge in [0.05, 0.1) is 18.4 Å². The molecule has 0 aliphatic heterocycles. The minimum absolute atomic E-state index is 0.112. The van der Waals surface area contributed by atoms with E-state index in [1.165, 1.54) is 0 Å². The molecular weight excluding hydrogens is 372 g/mol. The van der Waals surface area contributed by atoms with E-state index in [0.717, 1.165) is 40.8 Å². The summed E-state index contributed by atoms with van der Waals surface area (Å²) in [7, 11) is 1.65. The van der Waals surface area contributed by atoms with Gasteiger partial charge >= 0.3 is 0 Å². The van der Waals surface area contributed by atoms with Crippen LogP contribution in [0.3, 0.4) is 0 Å². The number of Topliss-reactive ketones (excluding diaryl/α,β-unsaturated/α-hetero) is 1. The number of nitrogens with zero attached hydrogens (tertiary/aromatic N) is 4. The van der Waals surface area contributed by atoms with E-state index in [9.17, 15) is 4.79 Å². The van der Waals surface area contributed by atoms with Crippen LogP contribution in [-0.4, -0.2) is 38.2 Å². The highest BCUT2D eigenvalue weighted by Gasteiger charge is 2.28. The van der Waals surface area contributed by atoms with Gasteiger partial charge in [-0.1, -0.05) is 37.7 Å². The summed E-state index contributed by atoms with van der Waals surface area (Å²) >= 11 is 1.64. The van der Waals surface area contributed by atoms with Gasteiger partial charge in [-0.15, -0.1) is 5.10 Å². The molecule has 0 saturated carbocycles. The van der Waals surface area contributed by atoms with Crippen molar-refractivity contribution in [2.45, 2.75) is 44.2 Å². The summed E-state index contributed by atoms with van der Waals surface area (Å²) in [6.07, 6.45) is 4.12. The smallest absolute Gasteiger partial charge is 0.253 e. The predicted octanol–water partition coefficient (Wildman–Crippen LogP) is 4.18. The topological polar surface area (TPSA) is 69.4 Å². The summed E-state index contributed by atoms with van der Waals surface area (Å²) in [6.45, 7) is 4.41. The van der Waals surface area contributed by atoms with Crippen LogP contribution in [0.4, 0.5) is 0 Å². The number of ether oxygens (including phenoxy) is 1. The fourth-order valence-electron chi connectivity index (χ4n) is 3.42. The molecule has 1 aliphatic rings. The summed E-state index contributed by atoms with van der Waals surface area (Å²) in [6, 6.07) is 7.93. The van der Waals surface area contributed by atoms with Gasteiger partial charge in [0, 0.05) is 18.4 Å². The molecule has 28 heavy (non-hydrogen) atoms. The maximum Gasteiger partial charge on any atom is 0.253 e. The normalized spacial score (nSPS) is 16.6. The van der Waals surface area contributed by atoms with E-state index in [1.54, 1.807) is 29.6 Å². The average Bonchev–Trinajstić information content (AvgIpc) is 3.08. The Balaban J connectivity index is 1.58. The number of fused-ring (bicyclic) bond motifs is 2. The molecule has 0 radical (unpaired) electrons. The summed E-state index contributed by atoms with van der Waals surface area (Å²) in [5.74, 6) is 3.25. The number of thioether (sulfide) groups is 1. The van der Waals surface area contributed by atoms with Crippen LogP contribution in [0, 0.1) is 5.92 Å². The molecule has 3 aromatic rings. The first kappa shape index (κ1) is 18.9. The van der Waals surface area contributed by atoms with Crippen LogP contribution in [0.15, 0.2) is 35.6 Å². The van der Waals surface area contributed by atoms with E-state index in [4.69, 9.17) is 4.74 Å². The van der Waals surface area contributed by atoms with Gasteiger partial charge in [0.2, 0.25) is 5.16 Å². The zero-order chi connectivity index (χ0) is 19.7. The first-order valence-corrected chi connectivity index (χ1v) is 10.6. The van der Waals surface area contributed by atoms with Crippen molar-refractivity contribution in [1.29, 1.82) is 0 Å². The van der Waals surface area contributed by atoms with Crippen molar-refractivity contribution in [2.24, 2.45) is 5.92 Å². The minimum Gasteiger partial charge on any atom is -0.497 e. The van der Waals surface area contributed by atoms with Crippen molar-refractivity contribution in [3.8, 4) is 5.75 Å². The molecule has 0 fully saturated rings. The Kier molecular flexibility index (Phi) is 5.35. The number of hydrogen-bond donors (Lipinski definition) is 0. The van der Waals surface area contributed by atoms with Crippen LogP contribution >= 0.6 is 11.8 Å². The van der Waals surface area contributed by atoms with Gasteiger partial charge in [-0.25, -0.2) is 9.50 Å². The van der Waals surface area contributed by atoms with Crippen LogP contribution in [-0.2, 0) is 6.42 Å². The first-order chi connectivity index (χ1) is 13.5. The monoisotopic (exact) mass is 396 g/mol. The second-order valence-corrected chi connectivity index (χ2v) is 8.63. The van der Waals surface area contributed by atoms with Crippen LogP contribution < -0.4 is 4.74 Å². The number of carbonyl (C=O) groups is 1. The summed E-state index contributed by atoms with van der Waals surface area (Å²) < 4.78 is 6.87. The van der Waals surface area contributed by atoms with Crippen LogP contribution in [0.1, 0.15) is 54.2 Å². The number of hydrogen-bond acceptors (Lipinski definition) is 6. The molecule has 1 aromatic carbocycles. The highest BCUT2D eigenvalue weighted by atomic mass is 32.2. The molecule has 0 amide bonds. The highest BCUT2D eigenvalue weighted by Crippen LogP contribution is 2.33. The minimum atomic E-state index is 0.112. The van der Waals surface area contributed by atoms with E-state index in [1.807, 2.05) is 24.3 Å². The molecule has 0 spiro atoms. The third kappa shape index (κ3) is 3.90. The van der Waals surface area contributed by atoms with Crippen molar-refractivity contribution in [3.05, 3.63) is 47.3 Å². The van der Waals surface area contributed by atoms with Crippen molar-refractivity contribution in [2.75, 3.05) is 12.9 Å². The Labute approximate surface area is 168 Å². The Morgan fingerprint density at radius 1 is 1.21 bits per heavy atom. The van der Waals surface area contributed by atoms with Crippen LogP contribution in [0.25, 0.3) is 5.78 Å². The summed E-state index contributed by atoms with van der Waals surface area (Å²) in [5, 5.41) is 5.21. The van der Waals surface area contributed by atoms with Gasteiger partial charge in [0.1, 0.15) is 5.75 Å². The third-order valence-corrected chi connectivity index (χ3v) is 5.95. The van der Waals surface area contributed by atoms with Crippen molar-refractivity contribution < 1.29 is 9.53 Å². The van der Waals surface area contributed by atoms with Crippen molar-refractivity contribution in [1.82, 2.24) is 19.6 Å². The summed E-state index contributed by atoms with van der Waals surface area (Å²) in [5.41, 5.74) is 2.62. The van der Waals surface area contributed by atoms with E-state index in [-0.39, 0.29) is 11.7 Å². The number of benzene rings is 1. The lowest BCUT2D eigenvalue weighted by atomic mass is 9.82. The van der Waals surface area contributed by atoms with Gasteiger partial charge < -0.3 is 4.74 Å². The molecule has 1 aliphatic carbocycles. The molecule has 2 heterocycles. The molecule has 2 aromatic heterocycles. The molecule has 1 atom stereocenters. The standard InChI is InChI=1S/C21H24N4O2S/c1-13(2)8-9-28-21-23-20-22-18-10-15(14-4-6-16(27-3)7-5-14)11-19(26)17(18)12-25(20)24-21/h4-7,12-13,15H,8-11H2,1-3H3/t15-/m1/s1. The second-order valence-electron chi connectivity index (χ2n) is 7.57. The van der Waals surface area contributed by atoms with E-state index < -0.39 is 0 Å².